The molecule has 2 rings (SSSR count). The number of hydrogen-bond acceptors (Lipinski definition) is 3. The van der Waals surface area contributed by atoms with E-state index in [1.54, 1.807) is 49.5 Å². The maximum Gasteiger partial charge on any atom is 0.415 e. The fourth-order valence-electron chi connectivity index (χ4n) is 1.87. The molecule has 0 spiro atoms. The number of benzene rings is 2. The van der Waals surface area contributed by atoms with E-state index in [-0.39, 0.29) is 11.8 Å². The normalized spacial score (nSPS) is 11.7. The largest absolute Gasteiger partial charge is 0.508 e. The van der Waals surface area contributed by atoms with E-state index in [1.165, 1.54) is 4.90 Å². The van der Waals surface area contributed by atoms with Gasteiger partial charge in [-0.15, -0.1) is 0 Å². The Bertz CT molecular complexity index is 583. The first-order valence-electron chi connectivity index (χ1n) is 6.37. The number of carbonyl (C=O) groups excluding carboxylic acids is 1. The van der Waals surface area contributed by atoms with Crippen molar-refractivity contribution < 1.29 is 14.6 Å². The van der Waals surface area contributed by atoms with E-state index in [4.69, 9.17) is 4.74 Å². The van der Waals surface area contributed by atoms with Crippen LogP contribution in [0.2, 0.25) is 0 Å². The summed E-state index contributed by atoms with van der Waals surface area (Å²) in [6.45, 7) is 1.83. The first-order chi connectivity index (χ1) is 9.59. The molecule has 0 saturated heterocycles. The number of amides is 1. The SMILES string of the molecule is CC(c1ccccc1O)N(C)C(=O)Oc1ccccc1. The Balaban J connectivity index is 2.09. The van der Waals surface area contributed by atoms with Crippen LogP contribution in [-0.4, -0.2) is 23.1 Å². The average molecular weight is 271 g/mol. The molecule has 0 bridgehead atoms. The Hall–Kier alpha value is -2.49. The van der Waals surface area contributed by atoms with Gasteiger partial charge in [0.2, 0.25) is 0 Å². The van der Waals surface area contributed by atoms with Crippen molar-refractivity contribution in [3.63, 3.8) is 0 Å². The van der Waals surface area contributed by atoms with Crippen molar-refractivity contribution in [3.05, 3.63) is 60.2 Å². The Kier molecular flexibility index (Phi) is 4.25. The maximum atomic E-state index is 12.1. The molecule has 0 radical (unpaired) electrons. The lowest BCUT2D eigenvalue weighted by Crippen LogP contribution is -2.32. The Morgan fingerprint density at radius 1 is 1.10 bits per heavy atom. The van der Waals surface area contributed by atoms with Gasteiger partial charge in [0.05, 0.1) is 6.04 Å². The lowest BCUT2D eigenvalue weighted by Gasteiger charge is -2.25. The molecule has 2 aromatic rings. The summed E-state index contributed by atoms with van der Waals surface area (Å²) in [7, 11) is 1.64. The van der Waals surface area contributed by atoms with Crippen LogP contribution in [0, 0.1) is 0 Å². The molecule has 0 heterocycles. The lowest BCUT2D eigenvalue weighted by atomic mass is 10.1. The summed E-state index contributed by atoms with van der Waals surface area (Å²) in [4.78, 5) is 13.5. The molecule has 1 atom stereocenters. The Labute approximate surface area is 118 Å². The van der Waals surface area contributed by atoms with Crippen LogP contribution in [-0.2, 0) is 0 Å². The molecule has 0 saturated carbocycles. The third-order valence-electron chi connectivity index (χ3n) is 3.20. The molecule has 4 heteroatoms. The molecule has 0 aliphatic rings. The van der Waals surface area contributed by atoms with Crippen molar-refractivity contribution in [2.45, 2.75) is 13.0 Å². The minimum atomic E-state index is -0.466. The Morgan fingerprint density at radius 3 is 2.35 bits per heavy atom. The number of hydrogen-bond donors (Lipinski definition) is 1. The minimum Gasteiger partial charge on any atom is -0.508 e. The number of aromatic hydroxyl groups is 1. The van der Waals surface area contributed by atoms with Crippen LogP contribution in [0.3, 0.4) is 0 Å². The van der Waals surface area contributed by atoms with E-state index < -0.39 is 6.09 Å². The van der Waals surface area contributed by atoms with Gasteiger partial charge < -0.3 is 14.7 Å². The van der Waals surface area contributed by atoms with Crippen molar-refractivity contribution in [3.8, 4) is 11.5 Å². The molecule has 0 fully saturated rings. The lowest BCUT2D eigenvalue weighted by molar-refractivity contribution is 0.148. The van der Waals surface area contributed by atoms with Gasteiger partial charge in [0.25, 0.3) is 0 Å². The second-order valence-corrected chi connectivity index (χ2v) is 4.53. The average Bonchev–Trinajstić information content (AvgIpc) is 2.47. The molecule has 104 valence electrons. The summed E-state index contributed by atoms with van der Waals surface area (Å²) < 4.78 is 5.26. The third-order valence-corrected chi connectivity index (χ3v) is 3.20. The zero-order chi connectivity index (χ0) is 14.5. The number of phenolic OH excluding ortho intramolecular Hbond substituents is 1. The van der Waals surface area contributed by atoms with Gasteiger partial charge in [0, 0.05) is 12.6 Å². The summed E-state index contributed by atoms with van der Waals surface area (Å²) in [6, 6.07) is 15.6. The van der Waals surface area contributed by atoms with E-state index in [0.717, 1.165) is 0 Å². The summed E-state index contributed by atoms with van der Waals surface area (Å²) in [5.74, 6) is 0.660. The number of carbonyl (C=O) groups is 1. The fraction of sp³-hybridized carbons (Fsp3) is 0.188. The van der Waals surface area contributed by atoms with Crippen LogP contribution in [0.1, 0.15) is 18.5 Å². The van der Waals surface area contributed by atoms with Gasteiger partial charge in [-0.3, -0.25) is 0 Å². The zero-order valence-electron chi connectivity index (χ0n) is 11.5. The van der Waals surface area contributed by atoms with Crippen LogP contribution < -0.4 is 4.74 Å². The molecule has 0 aliphatic heterocycles. The molecule has 20 heavy (non-hydrogen) atoms. The second-order valence-electron chi connectivity index (χ2n) is 4.53. The minimum absolute atomic E-state index is 0.166. The van der Waals surface area contributed by atoms with Gasteiger partial charge in [-0.25, -0.2) is 4.79 Å². The van der Waals surface area contributed by atoms with Crippen molar-refractivity contribution in [1.82, 2.24) is 4.90 Å². The quantitative estimate of drug-likeness (QED) is 0.928. The number of phenols is 1. The summed E-state index contributed by atoms with van der Waals surface area (Å²) in [5, 5.41) is 9.82. The van der Waals surface area contributed by atoms with Crippen molar-refractivity contribution in [2.24, 2.45) is 0 Å². The van der Waals surface area contributed by atoms with Gasteiger partial charge in [0.15, 0.2) is 0 Å². The molecule has 0 aromatic heterocycles. The van der Waals surface area contributed by atoms with Crippen molar-refractivity contribution in [2.75, 3.05) is 7.05 Å². The summed E-state index contributed by atoms with van der Waals surface area (Å²) in [5.41, 5.74) is 0.681. The molecule has 1 amide bonds. The second kappa shape index (κ2) is 6.10. The van der Waals surface area contributed by atoms with Crippen LogP contribution in [0.4, 0.5) is 4.79 Å². The topological polar surface area (TPSA) is 49.8 Å². The van der Waals surface area contributed by atoms with Crippen LogP contribution in [0.5, 0.6) is 11.5 Å². The molecular weight excluding hydrogens is 254 g/mol. The van der Waals surface area contributed by atoms with Gasteiger partial charge in [-0.05, 0) is 25.1 Å². The first kappa shape index (κ1) is 13.9. The van der Waals surface area contributed by atoms with E-state index in [2.05, 4.69) is 0 Å². The Morgan fingerprint density at radius 2 is 1.70 bits per heavy atom. The molecular formula is C16H17NO3. The van der Waals surface area contributed by atoms with Crippen LogP contribution in [0.25, 0.3) is 0 Å². The van der Waals surface area contributed by atoms with Crippen molar-refractivity contribution in [1.29, 1.82) is 0 Å². The molecule has 0 aliphatic carbocycles. The highest BCUT2D eigenvalue weighted by Crippen LogP contribution is 2.27. The zero-order valence-corrected chi connectivity index (χ0v) is 11.5. The first-order valence-corrected chi connectivity index (χ1v) is 6.37. The molecule has 2 aromatic carbocycles. The summed E-state index contributed by atoms with van der Waals surface area (Å²) in [6.07, 6.45) is -0.466. The van der Waals surface area contributed by atoms with E-state index in [9.17, 15) is 9.90 Å². The highest BCUT2D eigenvalue weighted by molar-refractivity contribution is 5.71. The van der Waals surface area contributed by atoms with Gasteiger partial charge >= 0.3 is 6.09 Å². The van der Waals surface area contributed by atoms with Gasteiger partial charge in [0.1, 0.15) is 11.5 Å². The van der Waals surface area contributed by atoms with Crippen molar-refractivity contribution >= 4 is 6.09 Å². The van der Waals surface area contributed by atoms with Crippen LogP contribution >= 0.6 is 0 Å². The van der Waals surface area contributed by atoms with E-state index in [0.29, 0.717) is 11.3 Å². The standard InChI is InChI=1S/C16H17NO3/c1-12(14-10-6-7-11-15(14)18)17(2)16(19)20-13-8-4-3-5-9-13/h3-12,18H,1-2H3. The van der Waals surface area contributed by atoms with Gasteiger partial charge in [-0.2, -0.15) is 0 Å². The monoisotopic (exact) mass is 271 g/mol. The van der Waals surface area contributed by atoms with E-state index in [1.807, 2.05) is 19.1 Å². The predicted octanol–water partition coefficient (Wildman–Crippen LogP) is 3.58. The third kappa shape index (κ3) is 3.09. The smallest absolute Gasteiger partial charge is 0.415 e. The number of rotatable bonds is 3. The summed E-state index contributed by atoms with van der Waals surface area (Å²) >= 11 is 0. The fourth-order valence-corrected chi connectivity index (χ4v) is 1.87. The number of nitrogens with zero attached hydrogens (tertiary/aromatic N) is 1. The predicted molar refractivity (Wildman–Crippen MR) is 76.8 cm³/mol. The molecule has 1 N–H and O–H groups in total. The molecule has 4 nitrogen and oxygen atoms in total. The molecule has 1 unspecified atom stereocenters. The maximum absolute atomic E-state index is 12.1. The number of ether oxygens (including phenoxy) is 1. The van der Waals surface area contributed by atoms with E-state index >= 15 is 0 Å². The van der Waals surface area contributed by atoms with Crippen LogP contribution in [0.15, 0.2) is 54.6 Å². The number of para-hydroxylation sites is 2. The van der Waals surface area contributed by atoms with Gasteiger partial charge in [-0.1, -0.05) is 36.4 Å². The highest BCUT2D eigenvalue weighted by Gasteiger charge is 2.21. The highest BCUT2D eigenvalue weighted by atomic mass is 16.6.